The number of rotatable bonds is 7. The Hall–Kier alpha value is -2.42. The molecular formula is C18H16Cl2N3O4S+. The first-order valence-corrected chi connectivity index (χ1v) is 9.87. The maximum absolute atomic E-state index is 12.2. The number of ether oxygens (including phenoxy) is 1. The Morgan fingerprint density at radius 2 is 2.00 bits per heavy atom. The van der Waals surface area contributed by atoms with E-state index in [1.54, 1.807) is 49.6 Å². The number of aromatic amines is 1. The Kier molecular flexibility index (Phi) is 6.66. The van der Waals surface area contributed by atoms with Crippen molar-refractivity contribution in [1.82, 2.24) is 5.27 Å². The lowest BCUT2D eigenvalue weighted by atomic mass is 10.3. The summed E-state index contributed by atoms with van der Waals surface area (Å²) >= 11 is 13.2. The van der Waals surface area contributed by atoms with E-state index in [0.717, 1.165) is 0 Å². The van der Waals surface area contributed by atoms with Gasteiger partial charge in [-0.25, -0.2) is 4.79 Å². The van der Waals surface area contributed by atoms with Gasteiger partial charge in [0.1, 0.15) is 5.75 Å². The van der Waals surface area contributed by atoms with E-state index in [1.165, 1.54) is 16.4 Å². The number of halogens is 2. The van der Waals surface area contributed by atoms with Crippen LogP contribution in [0.5, 0.6) is 5.75 Å². The van der Waals surface area contributed by atoms with Crippen molar-refractivity contribution in [1.29, 1.82) is 0 Å². The molecule has 28 heavy (non-hydrogen) atoms. The summed E-state index contributed by atoms with van der Waals surface area (Å²) in [4.78, 5) is 24.1. The molecule has 0 radical (unpaired) electrons. The van der Waals surface area contributed by atoms with Crippen LogP contribution in [0.2, 0.25) is 10.0 Å². The van der Waals surface area contributed by atoms with Gasteiger partial charge in [-0.05, 0) is 52.0 Å². The maximum atomic E-state index is 12.2. The summed E-state index contributed by atoms with van der Waals surface area (Å²) in [5.41, 5.74) is 0.627. The quantitative estimate of drug-likeness (QED) is 0.432. The van der Waals surface area contributed by atoms with Crippen LogP contribution in [0.3, 0.4) is 0 Å². The van der Waals surface area contributed by atoms with Crippen LogP contribution >= 0.6 is 35.0 Å². The van der Waals surface area contributed by atoms with Crippen LogP contribution in [0.25, 0.3) is 5.69 Å². The lowest BCUT2D eigenvalue weighted by molar-refractivity contribution is -0.704. The van der Waals surface area contributed by atoms with Crippen LogP contribution in [0.4, 0.5) is 5.69 Å². The number of benzene rings is 2. The SMILES string of the molecule is COc1ccc(-[n+]2[nH]oc(=O)c2SCCC(=O)Nc2cc(Cl)ccc2Cl)cc1. The third-order valence-corrected chi connectivity index (χ3v) is 5.30. The van der Waals surface area contributed by atoms with Gasteiger partial charge in [-0.2, -0.15) is 0 Å². The molecule has 0 atom stereocenters. The number of methoxy groups -OCH3 is 1. The highest BCUT2D eigenvalue weighted by molar-refractivity contribution is 7.99. The van der Waals surface area contributed by atoms with E-state index in [9.17, 15) is 9.59 Å². The minimum absolute atomic E-state index is 0.167. The highest BCUT2D eigenvalue weighted by atomic mass is 35.5. The molecule has 1 heterocycles. The largest absolute Gasteiger partial charge is 0.497 e. The molecule has 3 aromatic rings. The summed E-state index contributed by atoms with van der Waals surface area (Å²) in [6.07, 6.45) is 0.167. The van der Waals surface area contributed by atoms with Gasteiger partial charge in [-0.3, -0.25) is 9.32 Å². The Morgan fingerprint density at radius 3 is 2.71 bits per heavy atom. The summed E-state index contributed by atoms with van der Waals surface area (Å²) in [5.74, 6) is 0.816. The van der Waals surface area contributed by atoms with E-state index in [2.05, 4.69) is 10.6 Å². The van der Waals surface area contributed by atoms with E-state index < -0.39 is 5.63 Å². The van der Waals surface area contributed by atoms with Crippen LogP contribution in [-0.4, -0.2) is 24.0 Å². The van der Waals surface area contributed by atoms with Gasteiger partial charge in [0.2, 0.25) is 11.6 Å². The number of nitrogens with zero attached hydrogens (tertiary/aromatic N) is 1. The Balaban J connectivity index is 1.63. The van der Waals surface area contributed by atoms with Crippen molar-refractivity contribution in [2.75, 3.05) is 18.2 Å². The van der Waals surface area contributed by atoms with Crippen molar-refractivity contribution in [2.24, 2.45) is 0 Å². The molecule has 2 aromatic carbocycles. The number of hydrogen-bond acceptors (Lipinski definition) is 5. The summed E-state index contributed by atoms with van der Waals surface area (Å²) < 4.78 is 11.5. The fraction of sp³-hybridized carbons (Fsp3) is 0.167. The molecular weight excluding hydrogens is 425 g/mol. The van der Waals surface area contributed by atoms with Gasteiger partial charge in [0, 0.05) is 29.3 Å². The molecule has 0 saturated heterocycles. The highest BCUT2D eigenvalue weighted by Crippen LogP contribution is 2.25. The molecule has 0 bridgehead atoms. The fourth-order valence-corrected chi connectivity index (χ4v) is 3.58. The molecule has 0 aliphatic heterocycles. The standard InChI is InChI=1S/C18H15Cl2N3O4S/c1-26-13-5-3-12(4-6-13)23-17(18(25)27-22-23)28-9-8-16(24)21-15-10-11(19)2-7-14(15)20/h2-7,10H,8-9H2,1H3,(H-,21,22,24,25)/p+1. The first-order chi connectivity index (χ1) is 13.5. The number of aromatic nitrogens is 2. The number of H-pyrrole nitrogens is 1. The number of amides is 1. The molecule has 0 unspecified atom stereocenters. The van der Waals surface area contributed by atoms with Crippen molar-refractivity contribution < 1.29 is 18.7 Å². The molecule has 7 nitrogen and oxygen atoms in total. The zero-order chi connectivity index (χ0) is 20.1. The van der Waals surface area contributed by atoms with Gasteiger partial charge < -0.3 is 10.1 Å². The van der Waals surface area contributed by atoms with Crippen molar-refractivity contribution in [3.05, 3.63) is 62.9 Å². The van der Waals surface area contributed by atoms with Crippen molar-refractivity contribution in [3.8, 4) is 11.4 Å². The monoisotopic (exact) mass is 440 g/mol. The predicted octanol–water partition coefficient (Wildman–Crippen LogP) is 3.68. The molecule has 0 spiro atoms. The van der Waals surface area contributed by atoms with Crippen LogP contribution in [0, 0.1) is 0 Å². The van der Waals surface area contributed by atoms with Gasteiger partial charge in [-0.15, -0.1) is 0 Å². The fourth-order valence-electron chi connectivity index (χ4n) is 2.33. The second kappa shape index (κ2) is 9.18. The number of carbonyl (C=O) groups excluding carboxylic acids is 1. The van der Waals surface area contributed by atoms with Gasteiger partial charge in [0.05, 0.1) is 17.8 Å². The predicted molar refractivity (Wildman–Crippen MR) is 108 cm³/mol. The molecule has 0 aliphatic rings. The van der Waals surface area contributed by atoms with E-state index in [-0.39, 0.29) is 12.3 Å². The summed E-state index contributed by atoms with van der Waals surface area (Å²) in [6.45, 7) is 0. The first kappa shape index (κ1) is 20.3. The van der Waals surface area contributed by atoms with E-state index in [1.807, 2.05) is 0 Å². The average Bonchev–Trinajstić information content (AvgIpc) is 3.05. The van der Waals surface area contributed by atoms with Crippen LogP contribution in [0.15, 0.2) is 56.8 Å². The van der Waals surface area contributed by atoms with Gasteiger partial charge in [0.25, 0.3) is 0 Å². The van der Waals surface area contributed by atoms with E-state index >= 15 is 0 Å². The Labute approximate surface area is 174 Å². The molecule has 0 aliphatic carbocycles. The normalized spacial score (nSPS) is 10.7. The van der Waals surface area contributed by atoms with Gasteiger partial charge in [0.15, 0.2) is 0 Å². The molecule has 2 N–H and O–H groups in total. The molecule has 0 saturated carbocycles. The Bertz CT molecular complexity index is 1030. The smallest absolute Gasteiger partial charge is 0.442 e. The molecule has 1 aromatic heterocycles. The lowest BCUT2D eigenvalue weighted by Gasteiger charge is -2.06. The van der Waals surface area contributed by atoms with Gasteiger partial charge >= 0.3 is 10.7 Å². The molecule has 1 amide bonds. The van der Waals surface area contributed by atoms with Crippen LogP contribution in [-0.2, 0) is 4.79 Å². The van der Waals surface area contributed by atoms with Crippen molar-refractivity contribution in [2.45, 2.75) is 11.4 Å². The summed E-state index contributed by atoms with van der Waals surface area (Å²) in [7, 11) is 1.57. The molecule has 146 valence electrons. The second-order valence-electron chi connectivity index (χ2n) is 5.59. The second-order valence-corrected chi connectivity index (χ2v) is 7.52. The number of hydrogen-bond donors (Lipinski definition) is 2. The van der Waals surface area contributed by atoms with E-state index in [0.29, 0.717) is 37.9 Å². The minimum Gasteiger partial charge on any atom is -0.497 e. The third kappa shape index (κ3) is 4.89. The van der Waals surface area contributed by atoms with Crippen molar-refractivity contribution in [3.63, 3.8) is 0 Å². The molecule has 10 heteroatoms. The van der Waals surface area contributed by atoms with Crippen molar-refractivity contribution >= 4 is 46.6 Å². The number of thioether (sulfide) groups is 1. The van der Waals surface area contributed by atoms with Crippen LogP contribution in [0.1, 0.15) is 6.42 Å². The van der Waals surface area contributed by atoms with Gasteiger partial charge in [-0.1, -0.05) is 23.2 Å². The summed E-state index contributed by atoms with van der Waals surface area (Å²) in [6, 6.07) is 11.9. The topological polar surface area (TPSA) is 88.2 Å². The zero-order valence-corrected chi connectivity index (χ0v) is 17.0. The van der Waals surface area contributed by atoms with E-state index in [4.69, 9.17) is 32.5 Å². The number of anilines is 1. The maximum Gasteiger partial charge on any atom is 0.442 e. The third-order valence-electron chi connectivity index (χ3n) is 3.71. The molecule has 0 fully saturated rings. The zero-order valence-electron chi connectivity index (χ0n) is 14.7. The first-order valence-electron chi connectivity index (χ1n) is 8.13. The highest BCUT2D eigenvalue weighted by Gasteiger charge is 2.24. The Morgan fingerprint density at radius 1 is 1.25 bits per heavy atom. The summed E-state index contributed by atoms with van der Waals surface area (Å²) in [5, 5.41) is 6.46. The molecule has 3 rings (SSSR count). The lowest BCUT2D eigenvalue weighted by Crippen LogP contribution is -2.36. The number of carbonyl (C=O) groups is 1. The minimum atomic E-state index is -0.515. The number of nitrogens with one attached hydrogen (secondary N) is 2. The average molecular weight is 441 g/mol. The van der Waals surface area contributed by atoms with Crippen LogP contribution < -0.4 is 20.4 Å².